The van der Waals surface area contributed by atoms with Crippen LogP contribution in [0.25, 0.3) is 0 Å². The van der Waals surface area contributed by atoms with Crippen molar-refractivity contribution in [1.29, 1.82) is 0 Å². The first-order chi connectivity index (χ1) is 7.20. The summed E-state index contributed by atoms with van der Waals surface area (Å²) in [5, 5.41) is 2.32. The zero-order valence-corrected chi connectivity index (χ0v) is 8.84. The number of carbonyl (C=O) groups excluding carboxylic acids is 2. The number of imide groups is 1. The zero-order chi connectivity index (χ0) is 10.8. The molecule has 2 fully saturated rings. The number of methoxy groups -OCH3 is 1. The summed E-state index contributed by atoms with van der Waals surface area (Å²) in [7, 11) is 1.69. The highest BCUT2D eigenvalue weighted by Gasteiger charge is 2.29. The Labute approximate surface area is 88.7 Å². The highest BCUT2D eigenvalue weighted by molar-refractivity contribution is 6.13. The van der Waals surface area contributed by atoms with Gasteiger partial charge in [0.2, 0.25) is 5.91 Å². The maximum absolute atomic E-state index is 11.4. The van der Waals surface area contributed by atoms with Crippen LogP contribution in [-0.2, 0) is 14.3 Å². The molecule has 2 rings (SSSR count). The summed E-state index contributed by atoms with van der Waals surface area (Å²) in [4.78, 5) is 22.5. The maximum atomic E-state index is 11.4. The normalized spacial score (nSPS) is 31.9. The van der Waals surface area contributed by atoms with E-state index in [2.05, 4.69) is 5.32 Å². The Bertz CT molecular complexity index is 333. The fourth-order valence-electron chi connectivity index (χ4n) is 2.27. The largest absolute Gasteiger partial charge is 0.381 e. The molecule has 1 saturated heterocycles. The Morgan fingerprint density at radius 1 is 1.40 bits per heavy atom. The molecule has 1 N–H and O–H groups in total. The molecule has 0 aromatic heterocycles. The fourth-order valence-corrected chi connectivity index (χ4v) is 2.27. The summed E-state index contributed by atoms with van der Waals surface area (Å²) in [6.07, 6.45) is 4.28. The van der Waals surface area contributed by atoms with Crippen molar-refractivity contribution in [3.63, 3.8) is 0 Å². The van der Waals surface area contributed by atoms with E-state index < -0.39 is 0 Å². The first-order valence-electron chi connectivity index (χ1n) is 5.28. The minimum absolute atomic E-state index is 0.179. The minimum atomic E-state index is -0.202. The third-order valence-electron chi connectivity index (χ3n) is 3.10. The van der Waals surface area contributed by atoms with E-state index in [1.54, 1.807) is 7.11 Å². The van der Waals surface area contributed by atoms with Crippen LogP contribution in [-0.4, -0.2) is 25.0 Å². The molecule has 2 aliphatic rings. The molecule has 4 heteroatoms. The summed E-state index contributed by atoms with van der Waals surface area (Å²) in [5.74, 6) is -0.381. The van der Waals surface area contributed by atoms with Gasteiger partial charge in [-0.2, -0.15) is 0 Å². The van der Waals surface area contributed by atoms with Gasteiger partial charge in [-0.3, -0.25) is 14.9 Å². The second kappa shape index (κ2) is 4.14. The van der Waals surface area contributed by atoms with E-state index >= 15 is 0 Å². The summed E-state index contributed by atoms with van der Waals surface area (Å²) in [6.45, 7) is 0. The highest BCUT2D eigenvalue weighted by atomic mass is 16.5. The molecule has 1 aliphatic heterocycles. The van der Waals surface area contributed by atoms with Crippen molar-refractivity contribution in [2.24, 2.45) is 0 Å². The Morgan fingerprint density at radius 2 is 2.20 bits per heavy atom. The van der Waals surface area contributed by atoms with Gasteiger partial charge in [0.05, 0.1) is 12.5 Å². The van der Waals surface area contributed by atoms with Crippen molar-refractivity contribution in [2.45, 2.75) is 38.2 Å². The number of hydrogen-bond donors (Lipinski definition) is 1. The molecule has 0 aromatic carbocycles. The molecule has 1 saturated carbocycles. The summed E-state index contributed by atoms with van der Waals surface area (Å²) in [5.41, 5.74) is 1.79. The first kappa shape index (κ1) is 10.4. The van der Waals surface area contributed by atoms with Crippen LogP contribution in [0.5, 0.6) is 0 Å². The Hall–Kier alpha value is -1.16. The van der Waals surface area contributed by atoms with Crippen LogP contribution in [0.15, 0.2) is 11.1 Å². The number of amides is 2. The van der Waals surface area contributed by atoms with Gasteiger partial charge in [-0.15, -0.1) is 0 Å². The number of ether oxygens (including phenoxy) is 1. The standard InChI is InChI=1S/C11H15NO3/c1-15-8-4-2-3-7(5-8)9-6-10(13)12-11(9)14/h8H,2-6H2,1H3,(H,12,13,14). The lowest BCUT2D eigenvalue weighted by atomic mass is 9.88. The van der Waals surface area contributed by atoms with Crippen molar-refractivity contribution >= 4 is 11.8 Å². The second-order valence-corrected chi connectivity index (χ2v) is 4.09. The number of hydrogen-bond acceptors (Lipinski definition) is 3. The summed E-state index contributed by atoms with van der Waals surface area (Å²) in [6, 6.07) is 0. The lowest BCUT2D eigenvalue weighted by molar-refractivity contribution is -0.124. The topological polar surface area (TPSA) is 55.4 Å². The van der Waals surface area contributed by atoms with Gasteiger partial charge in [0.1, 0.15) is 0 Å². The van der Waals surface area contributed by atoms with Gasteiger partial charge < -0.3 is 4.74 Å². The van der Waals surface area contributed by atoms with Gasteiger partial charge in [0.25, 0.3) is 5.91 Å². The number of rotatable bonds is 1. The van der Waals surface area contributed by atoms with Crippen molar-refractivity contribution < 1.29 is 14.3 Å². The number of carbonyl (C=O) groups is 2. The average Bonchev–Trinajstić information content (AvgIpc) is 2.58. The van der Waals surface area contributed by atoms with Gasteiger partial charge in [-0.25, -0.2) is 0 Å². The average molecular weight is 209 g/mol. The SMILES string of the molecule is COC1CCCC(=C2CC(=O)NC2=O)C1. The molecule has 0 bridgehead atoms. The third-order valence-corrected chi connectivity index (χ3v) is 3.10. The van der Waals surface area contributed by atoms with Crippen LogP contribution in [0.4, 0.5) is 0 Å². The van der Waals surface area contributed by atoms with Crippen molar-refractivity contribution in [3.8, 4) is 0 Å². The molecular weight excluding hydrogens is 194 g/mol. The van der Waals surface area contributed by atoms with E-state index in [0.717, 1.165) is 31.3 Å². The predicted octanol–water partition coefficient (Wildman–Crippen LogP) is 0.918. The van der Waals surface area contributed by atoms with E-state index in [0.29, 0.717) is 5.57 Å². The van der Waals surface area contributed by atoms with E-state index in [9.17, 15) is 9.59 Å². The Morgan fingerprint density at radius 3 is 2.80 bits per heavy atom. The lowest BCUT2D eigenvalue weighted by Crippen LogP contribution is -2.21. The van der Waals surface area contributed by atoms with Gasteiger partial charge in [-0.1, -0.05) is 5.57 Å². The molecule has 15 heavy (non-hydrogen) atoms. The van der Waals surface area contributed by atoms with Crippen LogP contribution in [0, 0.1) is 0 Å². The Kier molecular flexibility index (Phi) is 2.86. The second-order valence-electron chi connectivity index (χ2n) is 4.09. The monoisotopic (exact) mass is 209 g/mol. The highest BCUT2D eigenvalue weighted by Crippen LogP contribution is 2.30. The maximum Gasteiger partial charge on any atom is 0.254 e. The van der Waals surface area contributed by atoms with Crippen LogP contribution in [0.2, 0.25) is 0 Å². The minimum Gasteiger partial charge on any atom is -0.381 e. The molecular formula is C11H15NO3. The van der Waals surface area contributed by atoms with Gasteiger partial charge in [0.15, 0.2) is 0 Å². The van der Waals surface area contributed by atoms with Gasteiger partial charge in [-0.05, 0) is 25.7 Å². The fraction of sp³-hybridized carbons (Fsp3) is 0.636. The third kappa shape index (κ3) is 2.09. The van der Waals surface area contributed by atoms with E-state index in [1.165, 1.54) is 0 Å². The van der Waals surface area contributed by atoms with E-state index in [1.807, 2.05) is 0 Å². The predicted molar refractivity (Wildman–Crippen MR) is 54.1 cm³/mol. The smallest absolute Gasteiger partial charge is 0.254 e. The molecule has 0 spiro atoms. The van der Waals surface area contributed by atoms with Gasteiger partial charge >= 0.3 is 0 Å². The molecule has 82 valence electrons. The van der Waals surface area contributed by atoms with E-state index in [-0.39, 0.29) is 24.3 Å². The van der Waals surface area contributed by atoms with Crippen molar-refractivity contribution in [2.75, 3.05) is 7.11 Å². The molecule has 1 unspecified atom stereocenters. The molecule has 1 aliphatic carbocycles. The van der Waals surface area contributed by atoms with Crippen molar-refractivity contribution in [3.05, 3.63) is 11.1 Å². The summed E-state index contributed by atoms with van der Waals surface area (Å²) >= 11 is 0. The van der Waals surface area contributed by atoms with Crippen LogP contribution >= 0.6 is 0 Å². The summed E-state index contributed by atoms with van der Waals surface area (Å²) < 4.78 is 5.29. The van der Waals surface area contributed by atoms with Gasteiger partial charge in [0, 0.05) is 12.7 Å². The zero-order valence-electron chi connectivity index (χ0n) is 8.84. The Balaban J connectivity index is 2.17. The van der Waals surface area contributed by atoms with Crippen molar-refractivity contribution in [1.82, 2.24) is 5.32 Å². The molecule has 4 nitrogen and oxygen atoms in total. The molecule has 2 amide bonds. The molecule has 0 radical (unpaired) electrons. The van der Waals surface area contributed by atoms with Crippen LogP contribution in [0.3, 0.4) is 0 Å². The first-order valence-corrected chi connectivity index (χ1v) is 5.28. The lowest BCUT2D eigenvalue weighted by Gasteiger charge is -2.23. The van der Waals surface area contributed by atoms with Crippen LogP contribution in [0.1, 0.15) is 32.1 Å². The molecule has 1 heterocycles. The van der Waals surface area contributed by atoms with Crippen LogP contribution < -0.4 is 5.32 Å². The molecule has 1 atom stereocenters. The van der Waals surface area contributed by atoms with E-state index in [4.69, 9.17) is 4.74 Å². The molecule has 0 aromatic rings. The quantitative estimate of drug-likeness (QED) is 0.516. The number of nitrogens with one attached hydrogen (secondary N) is 1.